The van der Waals surface area contributed by atoms with E-state index >= 15 is 0 Å². The molecule has 3 heterocycles. The molecule has 0 aliphatic carbocycles. The van der Waals surface area contributed by atoms with Crippen LogP contribution in [0.15, 0.2) is 77.8 Å². The van der Waals surface area contributed by atoms with E-state index < -0.39 is 41.0 Å². The average Bonchev–Trinajstić information content (AvgIpc) is 3.53. The molecule has 9 nitrogen and oxygen atoms in total. The molecular weight excluding hydrogens is 573 g/mol. The monoisotopic (exact) mass is 595 g/mol. The number of hydrogen-bond donors (Lipinski definition) is 1. The largest absolute Gasteiger partial charge is 0.451 e. The molecule has 0 fully saturated rings. The summed E-state index contributed by atoms with van der Waals surface area (Å²) in [5.74, 6) is -3.26. The summed E-state index contributed by atoms with van der Waals surface area (Å²) in [6.45, 7) is -0.344. The van der Waals surface area contributed by atoms with Gasteiger partial charge >= 0.3 is 6.18 Å². The minimum Gasteiger partial charge on any atom is -0.369 e. The molecule has 4 aromatic rings. The minimum absolute atomic E-state index is 0.0132. The van der Waals surface area contributed by atoms with Gasteiger partial charge in [-0.05, 0) is 53.1 Å². The van der Waals surface area contributed by atoms with Gasteiger partial charge in [-0.1, -0.05) is 36.4 Å². The van der Waals surface area contributed by atoms with Crippen molar-refractivity contribution in [2.45, 2.75) is 31.3 Å². The van der Waals surface area contributed by atoms with Gasteiger partial charge in [-0.15, -0.1) is 10.2 Å². The van der Waals surface area contributed by atoms with Crippen molar-refractivity contribution in [1.82, 2.24) is 24.6 Å². The number of alkyl halides is 3. The van der Waals surface area contributed by atoms with Crippen LogP contribution < -0.4 is 5.73 Å². The van der Waals surface area contributed by atoms with E-state index in [1.807, 2.05) is 0 Å². The second-order valence-corrected chi connectivity index (χ2v) is 10.1. The summed E-state index contributed by atoms with van der Waals surface area (Å²) in [7, 11) is 0. The van der Waals surface area contributed by atoms with Gasteiger partial charge in [0.2, 0.25) is 5.82 Å². The first-order valence-electron chi connectivity index (χ1n) is 13.0. The maximum absolute atomic E-state index is 14.0. The van der Waals surface area contributed by atoms with Crippen LogP contribution in [0.25, 0.3) is 0 Å². The molecular formula is C29H22F5N7O2. The van der Waals surface area contributed by atoms with Crippen LogP contribution in [-0.2, 0) is 36.1 Å². The number of guanidine groups is 1. The van der Waals surface area contributed by atoms with Crippen molar-refractivity contribution in [3.05, 3.63) is 118 Å². The molecule has 2 aliphatic heterocycles. The van der Waals surface area contributed by atoms with Crippen LogP contribution in [-0.4, -0.2) is 48.9 Å². The summed E-state index contributed by atoms with van der Waals surface area (Å²) in [6, 6.07) is 16.8. The van der Waals surface area contributed by atoms with Crippen molar-refractivity contribution in [3.63, 3.8) is 0 Å². The van der Waals surface area contributed by atoms with Crippen LogP contribution in [0, 0.1) is 11.6 Å². The van der Waals surface area contributed by atoms with Gasteiger partial charge in [0.25, 0.3) is 11.8 Å². The number of carbonyl (C=O) groups excluding carboxylic acids is 2. The van der Waals surface area contributed by atoms with E-state index in [-0.39, 0.29) is 43.5 Å². The van der Waals surface area contributed by atoms with Crippen LogP contribution in [0.1, 0.15) is 38.7 Å². The van der Waals surface area contributed by atoms with Gasteiger partial charge in [0.15, 0.2) is 17.3 Å². The van der Waals surface area contributed by atoms with Gasteiger partial charge < -0.3 is 15.2 Å². The first-order valence-corrected chi connectivity index (χ1v) is 13.0. The van der Waals surface area contributed by atoms with E-state index in [1.165, 1.54) is 58.3 Å². The summed E-state index contributed by atoms with van der Waals surface area (Å²) in [5, 5.41) is 6.85. The average molecular weight is 596 g/mol. The number of rotatable bonds is 5. The van der Waals surface area contributed by atoms with E-state index in [0.717, 1.165) is 4.57 Å². The highest BCUT2D eigenvalue weighted by molar-refractivity contribution is 6.09. The molecule has 0 unspecified atom stereocenters. The third kappa shape index (κ3) is 4.87. The number of nitrogens with zero attached hydrogens (tertiary/aromatic N) is 6. The van der Waals surface area contributed by atoms with Gasteiger partial charge in [-0.25, -0.2) is 13.8 Å². The third-order valence-corrected chi connectivity index (χ3v) is 7.45. The van der Waals surface area contributed by atoms with Gasteiger partial charge in [0, 0.05) is 18.7 Å². The summed E-state index contributed by atoms with van der Waals surface area (Å²) in [4.78, 5) is 34.5. The predicted octanol–water partition coefficient (Wildman–Crippen LogP) is 3.83. The highest BCUT2D eigenvalue weighted by Crippen LogP contribution is 2.40. The summed E-state index contributed by atoms with van der Waals surface area (Å²) in [6.07, 6.45) is -4.66. The molecule has 2 N–H and O–H groups in total. The Balaban J connectivity index is 1.26. The molecule has 43 heavy (non-hydrogen) atoms. The van der Waals surface area contributed by atoms with E-state index in [0.29, 0.717) is 16.7 Å². The number of nitrogens with two attached hydrogens (primary N) is 1. The number of aliphatic imine (C=N–C) groups is 1. The number of aromatic nitrogens is 3. The fourth-order valence-electron chi connectivity index (χ4n) is 5.37. The second-order valence-electron chi connectivity index (χ2n) is 10.1. The summed E-state index contributed by atoms with van der Waals surface area (Å²) in [5.41, 5.74) is 5.97. The number of carbonyl (C=O) groups is 2. The Morgan fingerprint density at radius 3 is 2.14 bits per heavy atom. The molecule has 0 saturated heterocycles. The van der Waals surface area contributed by atoms with E-state index in [9.17, 15) is 31.5 Å². The number of halogens is 5. The zero-order valence-electron chi connectivity index (χ0n) is 22.2. The predicted molar refractivity (Wildman–Crippen MR) is 142 cm³/mol. The first-order chi connectivity index (χ1) is 20.5. The number of hydrogen-bond acceptors (Lipinski definition) is 6. The van der Waals surface area contributed by atoms with Crippen molar-refractivity contribution >= 4 is 17.8 Å². The molecule has 220 valence electrons. The fraction of sp³-hybridized carbons (Fsp3) is 0.207. The molecule has 2 aliphatic rings. The smallest absolute Gasteiger partial charge is 0.369 e. The van der Waals surface area contributed by atoms with Crippen LogP contribution in [0.3, 0.4) is 0 Å². The minimum atomic E-state index is -4.66. The Bertz CT molecular complexity index is 1700. The molecule has 0 radical (unpaired) electrons. The van der Waals surface area contributed by atoms with Gasteiger partial charge in [-0.3, -0.25) is 14.5 Å². The maximum atomic E-state index is 14.0. The summed E-state index contributed by atoms with van der Waals surface area (Å²) < 4.78 is 68.0. The SMILES string of the molecule is NC1=NC(c2ccc(F)cc2)(c2ccc(F)cc2)C(=O)N1Cc1cccc(C(=O)N2CCn3c(nnc3C(F)(F)F)C2)c1. The Morgan fingerprint density at radius 2 is 1.53 bits per heavy atom. The van der Waals surface area contributed by atoms with Crippen LogP contribution >= 0.6 is 0 Å². The zero-order valence-corrected chi connectivity index (χ0v) is 22.2. The highest BCUT2D eigenvalue weighted by Gasteiger charge is 2.50. The number of amides is 2. The molecule has 3 aromatic carbocycles. The molecule has 1 aromatic heterocycles. The van der Waals surface area contributed by atoms with Gasteiger partial charge in [0.1, 0.15) is 11.6 Å². The lowest BCUT2D eigenvalue weighted by molar-refractivity contribution is -0.147. The highest BCUT2D eigenvalue weighted by atomic mass is 19.4. The van der Waals surface area contributed by atoms with Crippen molar-refractivity contribution in [3.8, 4) is 0 Å². The lowest BCUT2D eigenvalue weighted by Crippen LogP contribution is -2.43. The maximum Gasteiger partial charge on any atom is 0.451 e. The number of benzene rings is 3. The van der Waals surface area contributed by atoms with E-state index in [4.69, 9.17) is 5.73 Å². The Kier molecular flexibility index (Phi) is 6.70. The molecule has 0 atom stereocenters. The van der Waals surface area contributed by atoms with Gasteiger partial charge in [-0.2, -0.15) is 13.2 Å². The zero-order chi connectivity index (χ0) is 30.5. The van der Waals surface area contributed by atoms with E-state index in [1.54, 1.807) is 24.3 Å². The Morgan fingerprint density at radius 1 is 0.907 bits per heavy atom. The normalized spacial score (nSPS) is 16.3. The van der Waals surface area contributed by atoms with Crippen LogP contribution in [0.5, 0.6) is 0 Å². The number of fused-ring (bicyclic) bond motifs is 1. The van der Waals surface area contributed by atoms with Crippen molar-refractivity contribution in [2.75, 3.05) is 6.54 Å². The third-order valence-electron chi connectivity index (χ3n) is 7.45. The van der Waals surface area contributed by atoms with Crippen molar-refractivity contribution < 1.29 is 31.5 Å². The van der Waals surface area contributed by atoms with Crippen molar-refractivity contribution in [2.24, 2.45) is 10.7 Å². The fourth-order valence-corrected chi connectivity index (χ4v) is 5.37. The molecule has 6 rings (SSSR count). The molecule has 0 saturated carbocycles. The molecule has 0 bridgehead atoms. The molecule has 2 amide bonds. The Hall–Kier alpha value is -5.14. The Labute approximate surface area is 241 Å². The quantitative estimate of drug-likeness (QED) is 0.353. The second kappa shape index (κ2) is 10.3. The van der Waals surface area contributed by atoms with Crippen LogP contribution in [0.4, 0.5) is 22.0 Å². The molecule has 14 heteroatoms. The molecule has 0 spiro atoms. The van der Waals surface area contributed by atoms with Crippen LogP contribution in [0.2, 0.25) is 0 Å². The lowest BCUT2D eigenvalue weighted by atomic mass is 9.82. The topological polar surface area (TPSA) is 110 Å². The lowest BCUT2D eigenvalue weighted by Gasteiger charge is -2.28. The van der Waals surface area contributed by atoms with E-state index in [2.05, 4.69) is 15.2 Å². The first kappa shape index (κ1) is 28.0. The standard InChI is InChI=1S/C29H22F5N7O2/c30-21-8-4-19(5-9-21)28(20-6-10-22(31)11-7-20)26(43)41(27(35)36-28)15-17-2-1-3-18(14-17)24(42)39-12-13-40-23(16-39)37-38-25(40)29(32,33)34/h1-11,14H,12-13,15-16H2,(H2,35,36). The summed E-state index contributed by atoms with van der Waals surface area (Å²) >= 11 is 0. The van der Waals surface area contributed by atoms with Crippen molar-refractivity contribution in [1.29, 1.82) is 0 Å². The van der Waals surface area contributed by atoms with Gasteiger partial charge in [0.05, 0.1) is 13.1 Å².